The van der Waals surface area contributed by atoms with Crippen molar-refractivity contribution in [2.75, 3.05) is 0 Å². The highest BCUT2D eigenvalue weighted by Gasteiger charge is 2.15. The second-order valence-corrected chi connectivity index (χ2v) is 4.96. The zero-order valence-corrected chi connectivity index (χ0v) is 11.8. The molecule has 0 aliphatic heterocycles. The number of carbonyl (C=O) groups is 1. The molecule has 0 aliphatic carbocycles. The van der Waals surface area contributed by atoms with Crippen molar-refractivity contribution < 1.29 is 4.79 Å². The molecule has 0 spiro atoms. The normalized spacial score (nSPS) is 12.5. The molecule has 1 nitrogen and oxygen atoms in total. The Morgan fingerprint density at radius 3 is 2.59 bits per heavy atom. The van der Waals surface area contributed by atoms with Crippen LogP contribution >= 0.6 is 23.2 Å². The lowest BCUT2D eigenvalue weighted by atomic mass is 9.91. The van der Waals surface area contributed by atoms with Gasteiger partial charge in [-0.25, -0.2) is 0 Å². The molecule has 1 rings (SSSR count). The van der Waals surface area contributed by atoms with Gasteiger partial charge in [0, 0.05) is 12.8 Å². The summed E-state index contributed by atoms with van der Waals surface area (Å²) in [6.07, 6.45) is 3.05. The second kappa shape index (κ2) is 7.03. The fourth-order valence-corrected chi connectivity index (χ4v) is 2.39. The smallest absolute Gasteiger partial charge is 0.132 e. The zero-order valence-electron chi connectivity index (χ0n) is 10.3. The maximum atomic E-state index is 11.4. The van der Waals surface area contributed by atoms with Crippen LogP contribution in [0.15, 0.2) is 18.2 Å². The van der Waals surface area contributed by atoms with Crippen molar-refractivity contribution >= 4 is 29.0 Å². The Hall–Kier alpha value is -0.530. The molecule has 1 aromatic carbocycles. The van der Waals surface area contributed by atoms with Crippen LogP contribution in [-0.4, -0.2) is 5.78 Å². The van der Waals surface area contributed by atoms with Crippen LogP contribution in [0.25, 0.3) is 0 Å². The minimum Gasteiger partial charge on any atom is -0.300 e. The van der Waals surface area contributed by atoms with Crippen molar-refractivity contribution in [3.8, 4) is 0 Å². The van der Waals surface area contributed by atoms with Crippen molar-refractivity contribution in [3.05, 3.63) is 33.8 Å². The average molecular weight is 273 g/mol. The van der Waals surface area contributed by atoms with Gasteiger partial charge in [-0.05, 0) is 30.4 Å². The molecule has 0 fully saturated rings. The lowest BCUT2D eigenvalue weighted by molar-refractivity contribution is -0.118. The van der Waals surface area contributed by atoms with Crippen molar-refractivity contribution in [3.63, 3.8) is 0 Å². The summed E-state index contributed by atoms with van der Waals surface area (Å²) in [5, 5.41) is 1.22. The molecule has 0 aliphatic rings. The Kier molecular flexibility index (Phi) is 6.01. The number of halogens is 2. The van der Waals surface area contributed by atoms with Gasteiger partial charge in [-0.3, -0.25) is 4.79 Å². The van der Waals surface area contributed by atoms with Crippen molar-refractivity contribution in [1.29, 1.82) is 0 Å². The van der Waals surface area contributed by atoms with Crippen LogP contribution in [0.1, 0.15) is 51.0 Å². The number of carbonyl (C=O) groups excluding carboxylic acids is 1. The fourth-order valence-electron chi connectivity index (χ4n) is 1.93. The van der Waals surface area contributed by atoms with E-state index in [0.29, 0.717) is 34.6 Å². The maximum absolute atomic E-state index is 11.4. The summed E-state index contributed by atoms with van der Waals surface area (Å²) < 4.78 is 0. The summed E-state index contributed by atoms with van der Waals surface area (Å²) in [5.41, 5.74) is 1.06. The topological polar surface area (TPSA) is 17.1 Å². The molecule has 0 saturated carbocycles. The molecule has 0 heterocycles. The molecule has 1 unspecified atom stereocenters. The summed E-state index contributed by atoms with van der Waals surface area (Å²) in [6.45, 7) is 4.01. The van der Waals surface area contributed by atoms with Crippen LogP contribution in [0, 0.1) is 0 Å². The molecule has 0 bridgehead atoms. The third kappa shape index (κ3) is 4.01. The first-order valence-corrected chi connectivity index (χ1v) is 6.81. The summed E-state index contributed by atoms with van der Waals surface area (Å²) >= 11 is 12.2. The lowest BCUT2D eigenvalue weighted by Gasteiger charge is -2.16. The van der Waals surface area contributed by atoms with Crippen LogP contribution < -0.4 is 0 Å². The van der Waals surface area contributed by atoms with Gasteiger partial charge < -0.3 is 0 Å². The standard InChI is InChI=1S/C14H18Cl2O/c1-3-10(8-9-11(17)4-2)12-6-5-7-13(15)14(12)16/h5-7,10H,3-4,8-9H2,1-2H3. The Morgan fingerprint density at radius 2 is 2.00 bits per heavy atom. The number of ketones is 1. The molecule has 0 amide bonds. The van der Waals surface area contributed by atoms with Crippen LogP contribution in [0.5, 0.6) is 0 Å². The molecule has 17 heavy (non-hydrogen) atoms. The van der Waals surface area contributed by atoms with E-state index < -0.39 is 0 Å². The molecule has 94 valence electrons. The molecule has 0 N–H and O–H groups in total. The SMILES string of the molecule is CCC(=O)CCC(CC)c1cccc(Cl)c1Cl. The van der Waals surface area contributed by atoms with Gasteiger partial charge in [-0.2, -0.15) is 0 Å². The van der Waals surface area contributed by atoms with E-state index in [4.69, 9.17) is 23.2 Å². The van der Waals surface area contributed by atoms with Gasteiger partial charge >= 0.3 is 0 Å². The summed E-state index contributed by atoms with van der Waals surface area (Å²) in [5.74, 6) is 0.623. The second-order valence-electron chi connectivity index (χ2n) is 4.18. The lowest BCUT2D eigenvalue weighted by Crippen LogP contribution is -2.03. The van der Waals surface area contributed by atoms with E-state index in [1.54, 1.807) is 6.07 Å². The van der Waals surface area contributed by atoms with Crippen molar-refractivity contribution in [2.45, 2.75) is 45.4 Å². The van der Waals surface area contributed by atoms with E-state index in [1.807, 2.05) is 19.1 Å². The fraction of sp³-hybridized carbons (Fsp3) is 0.500. The summed E-state index contributed by atoms with van der Waals surface area (Å²) in [4.78, 5) is 11.4. The first-order valence-electron chi connectivity index (χ1n) is 6.05. The number of Topliss-reactive ketones (excluding diaryl/α,β-unsaturated/α-hetero) is 1. The largest absolute Gasteiger partial charge is 0.300 e. The molecule has 1 aromatic rings. The summed E-state index contributed by atoms with van der Waals surface area (Å²) in [7, 11) is 0. The number of hydrogen-bond donors (Lipinski definition) is 0. The van der Waals surface area contributed by atoms with E-state index >= 15 is 0 Å². The molecule has 0 radical (unpaired) electrons. The quantitative estimate of drug-likeness (QED) is 0.692. The van der Waals surface area contributed by atoms with E-state index in [0.717, 1.165) is 18.4 Å². The predicted molar refractivity (Wildman–Crippen MR) is 74.0 cm³/mol. The summed E-state index contributed by atoms with van der Waals surface area (Å²) in [6, 6.07) is 5.70. The van der Waals surface area contributed by atoms with Gasteiger partial charge in [0.1, 0.15) is 5.78 Å². The van der Waals surface area contributed by atoms with Crippen molar-refractivity contribution in [1.82, 2.24) is 0 Å². The Balaban J connectivity index is 2.79. The third-order valence-electron chi connectivity index (χ3n) is 3.08. The van der Waals surface area contributed by atoms with Gasteiger partial charge in [0.15, 0.2) is 0 Å². The van der Waals surface area contributed by atoms with Gasteiger partial charge in [0.2, 0.25) is 0 Å². The molecular weight excluding hydrogens is 255 g/mol. The highest BCUT2D eigenvalue weighted by Crippen LogP contribution is 2.34. The number of benzene rings is 1. The Labute approximate surface area is 113 Å². The number of rotatable bonds is 6. The van der Waals surface area contributed by atoms with Gasteiger partial charge in [-0.15, -0.1) is 0 Å². The minimum atomic E-state index is 0.307. The van der Waals surface area contributed by atoms with E-state index in [2.05, 4.69) is 6.92 Å². The molecule has 0 saturated heterocycles. The average Bonchev–Trinajstić information content (AvgIpc) is 2.34. The Morgan fingerprint density at radius 1 is 1.29 bits per heavy atom. The first kappa shape index (κ1) is 14.5. The first-order chi connectivity index (χ1) is 8.10. The van der Waals surface area contributed by atoms with Crippen LogP contribution in [-0.2, 0) is 4.79 Å². The monoisotopic (exact) mass is 272 g/mol. The molecule has 0 aromatic heterocycles. The van der Waals surface area contributed by atoms with Gasteiger partial charge in [0.25, 0.3) is 0 Å². The van der Waals surface area contributed by atoms with E-state index in [1.165, 1.54) is 0 Å². The molecule has 1 atom stereocenters. The van der Waals surface area contributed by atoms with E-state index in [9.17, 15) is 4.79 Å². The molecule has 3 heteroatoms. The number of hydrogen-bond acceptors (Lipinski definition) is 1. The third-order valence-corrected chi connectivity index (χ3v) is 3.91. The van der Waals surface area contributed by atoms with E-state index in [-0.39, 0.29) is 0 Å². The van der Waals surface area contributed by atoms with Crippen LogP contribution in [0.4, 0.5) is 0 Å². The highest BCUT2D eigenvalue weighted by molar-refractivity contribution is 6.42. The Bertz CT molecular complexity index is 388. The predicted octanol–water partition coefficient (Wildman–Crippen LogP) is 5.25. The highest BCUT2D eigenvalue weighted by atomic mass is 35.5. The van der Waals surface area contributed by atoms with Gasteiger partial charge in [0.05, 0.1) is 10.0 Å². The molecular formula is C14H18Cl2O. The minimum absolute atomic E-state index is 0.307. The van der Waals surface area contributed by atoms with Crippen LogP contribution in [0.3, 0.4) is 0 Å². The van der Waals surface area contributed by atoms with Gasteiger partial charge in [-0.1, -0.05) is 49.2 Å². The van der Waals surface area contributed by atoms with Crippen molar-refractivity contribution in [2.24, 2.45) is 0 Å². The zero-order chi connectivity index (χ0) is 12.8. The maximum Gasteiger partial charge on any atom is 0.132 e. The van der Waals surface area contributed by atoms with Crippen LogP contribution in [0.2, 0.25) is 10.0 Å².